The number of aliphatic hydroxyl groups excluding tert-OH is 11. The number of allylic oxidation sites excluding steroid dienone is 5. The van der Waals surface area contributed by atoms with Crippen LogP contribution in [0.1, 0.15) is 425 Å². The first-order valence-electron chi connectivity index (χ1n) is 47.7. The lowest BCUT2D eigenvalue weighted by Gasteiger charge is -2.48. The van der Waals surface area contributed by atoms with E-state index >= 15 is 0 Å². The van der Waals surface area contributed by atoms with Gasteiger partial charge in [0.1, 0.15) is 73.2 Å². The summed E-state index contributed by atoms with van der Waals surface area (Å²) in [6, 6.07) is -0.997. The van der Waals surface area contributed by atoms with Gasteiger partial charge < -0.3 is 89.9 Å². The zero-order chi connectivity index (χ0) is 81.7. The highest BCUT2D eigenvalue weighted by atomic mass is 16.8. The number of unbranched alkanes of at least 4 members (excludes halogenated alkanes) is 59. The smallest absolute Gasteiger partial charge is 0.220 e. The predicted octanol–water partition coefficient (Wildman–Crippen LogP) is 19.0. The molecule has 3 rings (SSSR count). The topological polar surface area (TPSA) is 307 Å². The maximum Gasteiger partial charge on any atom is 0.220 e. The Labute approximate surface area is 689 Å². The van der Waals surface area contributed by atoms with Crippen molar-refractivity contribution in [1.29, 1.82) is 0 Å². The van der Waals surface area contributed by atoms with E-state index in [1.807, 2.05) is 6.08 Å². The lowest BCUT2D eigenvalue weighted by atomic mass is 9.96. The van der Waals surface area contributed by atoms with Gasteiger partial charge in [-0.3, -0.25) is 4.79 Å². The first-order chi connectivity index (χ1) is 55.3. The first kappa shape index (κ1) is 105. The second-order valence-corrected chi connectivity index (χ2v) is 34.2. The van der Waals surface area contributed by atoms with Crippen molar-refractivity contribution in [2.75, 3.05) is 26.4 Å². The molecule has 0 saturated carbocycles. The zero-order valence-corrected chi connectivity index (χ0v) is 72.1. The highest BCUT2D eigenvalue weighted by Crippen LogP contribution is 2.34. The van der Waals surface area contributed by atoms with E-state index in [2.05, 4.69) is 43.5 Å². The lowest BCUT2D eigenvalue weighted by molar-refractivity contribution is -0.379. The maximum absolute atomic E-state index is 13.5. The van der Waals surface area contributed by atoms with Crippen molar-refractivity contribution >= 4 is 5.91 Å². The summed E-state index contributed by atoms with van der Waals surface area (Å²) in [7, 11) is 0. The van der Waals surface area contributed by atoms with Crippen molar-refractivity contribution < 1.29 is 89.4 Å². The van der Waals surface area contributed by atoms with E-state index in [1.54, 1.807) is 6.08 Å². The third-order valence-electron chi connectivity index (χ3n) is 23.9. The molecule has 3 aliphatic rings. The fourth-order valence-electron chi connectivity index (χ4n) is 16.4. The molecule has 3 saturated heterocycles. The van der Waals surface area contributed by atoms with Crippen molar-refractivity contribution in [2.24, 2.45) is 0 Å². The molecule has 3 fully saturated rings. The number of rotatable bonds is 79. The van der Waals surface area contributed by atoms with Crippen LogP contribution in [0.3, 0.4) is 0 Å². The zero-order valence-electron chi connectivity index (χ0n) is 72.1. The van der Waals surface area contributed by atoms with E-state index in [-0.39, 0.29) is 18.9 Å². The van der Waals surface area contributed by atoms with Crippen LogP contribution in [0, 0.1) is 0 Å². The Kier molecular flexibility index (Phi) is 68.8. The summed E-state index contributed by atoms with van der Waals surface area (Å²) < 4.78 is 34.5. The minimum absolute atomic E-state index is 0.237. The summed E-state index contributed by atoms with van der Waals surface area (Å²) in [5.41, 5.74) is 0. The summed E-state index contributed by atoms with van der Waals surface area (Å²) in [4.78, 5) is 13.5. The largest absolute Gasteiger partial charge is 0.394 e. The van der Waals surface area contributed by atoms with E-state index < -0.39 is 124 Å². The predicted molar refractivity (Wildman–Crippen MR) is 457 cm³/mol. The number of amides is 1. The van der Waals surface area contributed by atoms with Gasteiger partial charge in [0, 0.05) is 6.42 Å². The van der Waals surface area contributed by atoms with Crippen LogP contribution in [-0.4, -0.2) is 193 Å². The quantitative estimate of drug-likeness (QED) is 0.0199. The number of nitrogens with one attached hydrogen (secondary N) is 1. The molecule has 3 aliphatic heterocycles. The SMILES string of the molecule is CCCCCCCCCCCCCCCCCCC/C=C/CC/C=C/CC/C=C/C(O)C(COC1OC(CO)C(OC2OC(CO)C(OC3OC(CO)C(O)C(O)C3O)C(O)C2O)C(O)C1O)NC(=O)CCCCCCCCCCCCCCCCCCCCCCCCCCCCCCCCCCCCCCCCCCC. The van der Waals surface area contributed by atoms with Crippen molar-refractivity contribution in [2.45, 2.75) is 529 Å². The molecule has 113 heavy (non-hydrogen) atoms. The monoisotopic (exact) mass is 1610 g/mol. The van der Waals surface area contributed by atoms with Crippen molar-refractivity contribution in [3.05, 3.63) is 36.5 Å². The number of hydrogen-bond donors (Lipinski definition) is 12. The fraction of sp³-hybridized carbons (Fsp3) is 0.926. The van der Waals surface area contributed by atoms with Gasteiger partial charge in [-0.05, 0) is 44.9 Å². The molecule has 0 aromatic rings. The van der Waals surface area contributed by atoms with Gasteiger partial charge in [-0.15, -0.1) is 0 Å². The standard InChI is InChI=1S/C94H177NO18/c1-3-5-7-9-11-13-15-17-19-21-23-25-27-29-31-32-33-34-35-36-37-38-39-40-41-42-43-44-46-48-50-52-54-56-58-60-62-64-66-68-70-72-82(100)95-77(78(99)71-69-67-65-63-61-59-57-55-53-51-49-47-45-30-28-26-24-22-20-18-16-14-12-10-8-6-4-2)76-108-92-88(106)85(103)90(80(74-97)110-92)113-94-89(107)86(104)91(81(75-98)111-94)112-93-87(105)84(102)83(101)79(73-96)109-93/h53,55,61,63,69,71,77-81,83-94,96-99,101-107H,3-52,54,56-60,62,64-68,70,72-76H2,1-2H3,(H,95,100)/b55-53+,63-61+,71-69+. The number of carbonyl (C=O) groups is 1. The first-order valence-corrected chi connectivity index (χ1v) is 47.7. The molecule has 19 nitrogen and oxygen atoms in total. The van der Waals surface area contributed by atoms with Crippen LogP contribution < -0.4 is 5.32 Å². The van der Waals surface area contributed by atoms with Gasteiger partial charge in [-0.25, -0.2) is 0 Å². The van der Waals surface area contributed by atoms with Crippen LogP contribution in [0.15, 0.2) is 36.5 Å². The summed E-state index contributed by atoms with van der Waals surface area (Å²) in [5, 5.41) is 121. The molecular formula is C94H177NO18. The van der Waals surface area contributed by atoms with Crippen LogP contribution in [0.4, 0.5) is 0 Å². The fourth-order valence-corrected chi connectivity index (χ4v) is 16.4. The molecule has 0 aromatic heterocycles. The van der Waals surface area contributed by atoms with Gasteiger partial charge in [0.05, 0.1) is 38.6 Å². The molecule has 666 valence electrons. The highest BCUT2D eigenvalue weighted by Gasteiger charge is 2.54. The van der Waals surface area contributed by atoms with Gasteiger partial charge in [-0.1, -0.05) is 410 Å². The van der Waals surface area contributed by atoms with Gasteiger partial charge in [-0.2, -0.15) is 0 Å². The highest BCUT2D eigenvalue weighted by molar-refractivity contribution is 5.76. The molecule has 12 N–H and O–H groups in total. The van der Waals surface area contributed by atoms with Crippen molar-refractivity contribution in [3.63, 3.8) is 0 Å². The summed E-state index contributed by atoms with van der Waals surface area (Å²) in [6.07, 6.45) is 69.1. The average Bonchev–Trinajstić information content (AvgIpc) is 0.780. The minimum Gasteiger partial charge on any atom is -0.394 e. The van der Waals surface area contributed by atoms with Crippen LogP contribution in [0.5, 0.6) is 0 Å². The molecule has 0 radical (unpaired) electrons. The Morgan fingerprint density at radius 2 is 0.566 bits per heavy atom. The van der Waals surface area contributed by atoms with E-state index in [4.69, 9.17) is 28.4 Å². The number of aliphatic hydroxyl groups is 11. The normalized spacial score (nSPS) is 24.9. The third-order valence-corrected chi connectivity index (χ3v) is 23.9. The average molecular weight is 1610 g/mol. The molecule has 0 bridgehead atoms. The Bertz CT molecular complexity index is 2170. The van der Waals surface area contributed by atoms with Crippen molar-refractivity contribution in [3.8, 4) is 0 Å². The Morgan fingerprint density at radius 1 is 0.310 bits per heavy atom. The number of hydrogen-bond acceptors (Lipinski definition) is 18. The molecule has 17 atom stereocenters. The molecule has 0 spiro atoms. The molecule has 17 unspecified atom stereocenters. The molecule has 1 amide bonds. The third kappa shape index (κ3) is 52.1. The summed E-state index contributed by atoms with van der Waals surface area (Å²) in [6.45, 7) is 1.79. The van der Waals surface area contributed by atoms with Gasteiger partial charge in [0.25, 0.3) is 0 Å². The Morgan fingerprint density at radius 3 is 0.885 bits per heavy atom. The second-order valence-electron chi connectivity index (χ2n) is 34.2. The van der Waals surface area contributed by atoms with Crippen LogP contribution >= 0.6 is 0 Å². The van der Waals surface area contributed by atoms with Gasteiger partial charge in [0.2, 0.25) is 5.91 Å². The number of carbonyl (C=O) groups excluding carboxylic acids is 1. The van der Waals surface area contributed by atoms with Crippen LogP contribution in [-0.2, 0) is 33.2 Å². The maximum atomic E-state index is 13.5. The van der Waals surface area contributed by atoms with Gasteiger partial charge in [0.15, 0.2) is 18.9 Å². The molecule has 19 heteroatoms. The molecular weight excluding hydrogens is 1430 g/mol. The van der Waals surface area contributed by atoms with E-state index in [9.17, 15) is 61.0 Å². The van der Waals surface area contributed by atoms with Gasteiger partial charge >= 0.3 is 0 Å². The van der Waals surface area contributed by atoms with E-state index in [1.165, 1.54) is 347 Å². The summed E-state index contributed by atoms with van der Waals surface area (Å²) in [5.74, 6) is -0.280. The van der Waals surface area contributed by atoms with E-state index in [0.717, 1.165) is 44.9 Å². The van der Waals surface area contributed by atoms with Crippen LogP contribution in [0.2, 0.25) is 0 Å². The Balaban J connectivity index is 1.29. The second kappa shape index (κ2) is 73.9. The molecule has 0 aliphatic carbocycles. The van der Waals surface area contributed by atoms with Crippen LogP contribution in [0.25, 0.3) is 0 Å². The van der Waals surface area contributed by atoms with E-state index in [0.29, 0.717) is 12.8 Å². The number of ether oxygens (including phenoxy) is 6. The molecule has 3 heterocycles. The minimum atomic E-state index is -1.98. The lowest BCUT2D eigenvalue weighted by Crippen LogP contribution is -2.66. The Hall–Kier alpha value is -1.99. The summed E-state index contributed by atoms with van der Waals surface area (Å²) >= 11 is 0. The molecule has 0 aromatic carbocycles. The van der Waals surface area contributed by atoms with Crippen molar-refractivity contribution in [1.82, 2.24) is 5.32 Å².